The average Bonchev–Trinajstić information content (AvgIpc) is 2.82. The highest BCUT2D eigenvalue weighted by molar-refractivity contribution is 4.90. The molecule has 0 spiro atoms. The Labute approximate surface area is 83.1 Å². The predicted octanol–water partition coefficient (Wildman–Crippen LogP) is 4.39. The van der Waals surface area contributed by atoms with E-state index >= 15 is 0 Å². The molecule has 0 heteroatoms. The van der Waals surface area contributed by atoms with Crippen LogP contribution in [-0.2, 0) is 0 Å². The molecule has 0 bridgehead atoms. The third kappa shape index (κ3) is 2.48. The van der Waals surface area contributed by atoms with E-state index in [4.69, 9.17) is 0 Å². The Morgan fingerprint density at radius 1 is 0.923 bits per heavy atom. The lowest BCUT2D eigenvalue weighted by Gasteiger charge is -2.19. The molecule has 2 saturated carbocycles. The number of hydrogen-bond donors (Lipinski definition) is 0. The van der Waals surface area contributed by atoms with Crippen molar-refractivity contribution in [2.45, 2.75) is 64.7 Å². The second kappa shape index (κ2) is 4.48. The average molecular weight is 180 g/mol. The van der Waals surface area contributed by atoms with Gasteiger partial charge in [-0.15, -0.1) is 0 Å². The smallest absolute Gasteiger partial charge is 0.0355 e. The van der Waals surface area contributed by atoms with Crippen molar-refractivity contribution >= 4 is 0 Å². The van der Waals surface area contributed by atoms with Crippen LogP contribution in [0.5, 0.6) is 0 Å². The van der Waals surface area contributed by atoms with E-state index in [1.54, 1.807) is 19.3 Å². The van der Waals surface area contributed by atoms with Gasteiger partial charge in [-0.05, 0) is 24.2 Å². The molecule has 0 radical (unpaired) electrons. The van der Waals surface area contributed by atoms with Gasteiger partial charge in [-0.3, -0.25) is 0 Å². The van der Waals surface area contributed by atoms with Crippen molar-refractivity contribution in [3.05, 3.63) is 0 Å². The minimum absolute atomic E-state index is 1.13. The Bertz CT molecular complexity index is 142. The molecule has 0 N–H and O–H groups in total. The van der Waals surface area contributed by atoms with E-state index in [1.165, 1.54) is 38.5 Å². The molecule has 76 valence electrons. The lowest BCUT2D eigenvalue weighted by atomic mass is 9.87. The molecule has 0 heterocycles. The molecule has 0 amide bonds. The molecule has 0 aliphatic heterocycles. The third-order valence-corrected chi connectivity index (χ3v) is 4.26. The van der Waals surface area contributed by atoms with Crippen LogP contribution in [0.3, 0.4) is 0 Å². The van der Waals surface area contributed by atoms with Crippen molar-refractivity contribution in [2.24, 2.45) is 17.8 Å². The van der Waals surface area contributed by atoms with E-state index in [2.05, 4.69) is 6.92 Å². The Hall–Kier alpha value is 0. The van der Waals surface area contributed by atoms with Crippen LogP contribution in [0.1, 0.15) is 64.7 Å². The van der Waals surface area contributed by atoms with Crippen LogP contribution in [0.15, 0.2) is 0 Å². The van der Waals surface area contributed by atoms with Crippen molar-refractivity contribution < 1.29 is 0 Å². The maximum absolute atomic E-state index is 2.37. The van der Waals surface area contributed by atoms with Crippen molar-refractivity contribution in [3.8, 4) is 0 Å². The molecule has 2 atom stereocenters. The summed E-state index contributed by atoms with van der Waals surface area (Å²) in [5.74, 6) is 3.41. The van der Waals surface area contributed by atoms with Gasteiger partial charge in [0.15, 0.2) is 0 Å². The van der Waals surface area contributed by atoms with E-state index in [0.29, 0.717) is 0 Å². The van der Waals surface area contributed by atoms with E-state index < -0.39 is 0 Å². The molecule has 2 aliphatic carbocycles. The fraction of sp³-hybridized carbons (Fsp3) is 1.00. The summed E-state index contributed by atoms with van der Waals surface area (Å²) in [7, 11) is 0. The summed E-state index contributed by atoms with van der Waals surface area (Å²) in [4.78, 5) is 0. The molecule has 2 aliphatic rings. The SMILES string of the molecule is CCC1CC1C1CCCCCCC1. The van der Waals surface area contributed by atoms with Gasteiger partial charge in [0.25, 0.3) is 0 Å². The highest BCUT2D eigenvalue weighted by Crippen LogP contribution is 2.50. The summed E-state index contributed by atoms with van der Waals surface area (Å²) in [6, 6.07) is 0. The molecule has 0 saturated heterocycles. The fourth-order valence-corrected chi connectivity index (χ4v) is 3.23. The minimum Gasteiger partial charge on any atom is -0.0651 e. The summed E-state index contributed by atoms with van der Waals surface area (Å²) in [6.45, 7) is 2.37. The molecule has 13 heavy (non-hydrogen) atoms. The van der Waals surface area contributed by atoms with Gasteiger partial charge >= 0.3 is 0 Å². The van der Waals surface area contributed by atoms with Crippen molar-refractivity contribution in [1.82, 2.24) is 0 Å². The Morgan fingerprint density at radius 3 is 2.08 bits per heavy atom. The summed E-state index contributed by atoms with van der Waals surface area (Å²) in [5.41, 5.74) is 0. The Balaban J connectivity index is 1.76. The number of hydrogen-bond acceptors (Lipinski definition) is 0. The van der Waals surface area contributed by atoms with Crippen molar-refractivity contribution in [1.29, 1.82) is 0 Å². The molecule has 2 fully saturated rings. The molecule has 2 unspecified atom stereocenters. The largest absolute Gasteiger partial charge is 0.0651 e. The summed E-state index contributed by atoms with van der Waals surface area (Å²) in [5, 5.41) is 0. The first-order valence-corrected chi connectivity index (χ1v) is 6.42. The van der Waals surface area contributed by atoms with Gasteiger partial charge in [-0.25, -0.2) is 0 Å². The van der Waals surface area contributed by atoms with Crippen LogP contribution in [0.25, 0.3) is 0 Å². The lowest BCUT2D eigenvalue weighted by molar-refractivity contribution is 0.328. The Morgan fingerprint density at radius 2 is 1.54 bits per heavy atom. The van der Waals surface area contributed by atoms with Gasteiger partial charge in [-0.1, -0.05) is 58.3 Å². The third-order valence-electron chi connectivity index (χ3n) is 4.26. The van der Waals surface area contributed by atoms with Crippen molar-refractivity contribution in [3.63, 3.8) is 0 Å². The first kappa shape index (κ1) is 9.55. The number of rotatable bonds is 2. The monoisotopic (exact) mass is 180 g/mol. The summed E-state index contributed by atoms with van der Waals surface area (Å²) < 4.78 is 0. The quantitative estimate of drug-likeness (QED) is 0.591. The zero-order valence-corrected chi connectivity index (χ0v) is 9.10. The normalized spacial score (nSPS) is 36.7. The maximum Gasteiger partial charge on any atom is -0.0355 e. The lowest BCUT2D eigenvalue weighted by Crippen LogP contribution is -2.07. The second-order valence-electron chi connectivity index (χ2n) is 5.17. The summed E-state index contributed by atoms with van der Waals surface area (Å²) >= 11 is 0. The standard InChI is InChI=1S/C13H24/c1-2-11-10-13(11)12-8-6-4-3-5-7-9-12/h11-13H,2-10H2,1H3. The zero-order chi connectivity index (χ0) is 9.10. The van der Waals surface area contributed by atoms with Crippen LogP contribution in [0.2, 0.25) is 0 Å². The molecule has 0 aromatic rings. The van der Waals surface area contributed by atoms with Gasteiger partial charge in [0.1, 0.15) is 0 Å². The minimum atomic E-state index is 1.13. The first-order valence-electron chi connectivity index (χ1n) is 6.42. The fourth-order valence-electron chi connectivity index (χ4n) is 3.23. The molecule has 2 rings (SSSR count). The maximum atomic E-state index is 2.37. The highest BCUT2D eigenvalue weighted by Gasteiger charge is 2.40. The van der Waals surface area contributed by atoms with Gasteiger partial charge in [-0.2, -0.15) is 0 Å². The highest BCUT2D eigenvalue weighted by atomic mass is 14.5. The van der Waals surface area contributed by atoms with Gasteiger partial charge < -0.3 is 0 Å². The predicted molar refractivity (Wildman–Crippen MR) is 57.7 cm³/mol. The molecule has 0 aromatic heterocycles. The van der Waals surface area contributed by atoms with Crippen LogP contribution in [0.4, 0.5) is 0 Å². The molecule has 0 nitrogen and oxygen atoms in total. The van der Waals surface area contributed by atoms with E-state index in [0.717, 1.165) is 17.8 Å². The Kier molecular flexibility index (Phi) is 3.29. The molecular weight excluding hydrogens is 156 g/mol. The molecular formula is C13H24. The van der Waals surface area contributed by atoms with Crippen LogP contribution < -0.4 is 0 Å². The van der Waals surface area contributed by atoms with E-state index in [1.807, 2.05) is 0 Å². The summed E-state index contributed by atoms with van der Waals surface area (Å²) in [6.07, 6.45) is 13.7. The van der Waals surface area contributed by atoms with Crippen LogP contribution >= 0.6 is 0 Å². The van der Waals surface area contributed by atoms with E-state index in [9.17, 15) is 0 Å². The zero-order valence-electron chi connectivity index (χ0n) is 9.10. The second-order valence-corrected chi connectivity index (χ2v) is 5.17. The van der Waals surface area contributed by atoms with Gasteiger partial charge in [0, 0.05) is 0 Å². The van der Waals surface area contributed by atoms with Crippen molar-refractivity contribution in [2.75, 3.05) is 0 Å². The topological polar surface area (TPSA) is 0 Å². The van der Waals surface area contributed by atoms with Crippen LogP contribution in [0, 0.1) is 17.8 Å². The van der Waals surface area contributed by atoms with Gasteiger partial charge in [0.2, 0.25) is 0 Å². The van der Waals surface area contributed by atoms with E-state index in [-0.39, 0.29) is 0 Å². The van der Waals surface area contributed by atoms with Crippen LogP contribution in [-0.4, -0.2) is 0 Å². The first-order chi connectivity index (χ1) is 6.42. The van der Waals surface area contributed by atoms with Gasteiger partial charge in [0.05, 0.1) is 0 Å². The molecule has 0 aromatic carbocycles.